The highest BCUT2D eigenvalue weighted by atomic mass is 35.5. The standard InChI is InChI=1S/C18H20ClN3O2/c19-15-5-7-16(8-6-15)21-18(23)22(13-17-4-2-10-24-17)12-14-3-1-9-20-11-14/h1,3,5-9,11,17H,2,4,10,12-13H2,(H,21,23)/t17-/m1/s1. The number of hydrogen-bond acceptors (Lipinski definition) is 3. The zero-order valence-electron chi connectivity index (χ0n) is 13.3. The van der Waals surface area contributed by atoms with Crippen LogP contribution in [0.3, 0.4) is 0 Å². The fourth-order valence-corrected chi connectivity index (χ4v) is 2.83. The highest BCUT2D eigenvalue weighted by Crippen LogP contribution is 2.17. The Bertz CT molecular complexity index is 658. The Morgan fingerprint density at radius 1 is 1.33 bits per heavy atom. The van der Waals surface area contributed by atoms with Gasteiger partial charge < -0.3 is 15.0 Å². The molecule has 126 valence electrons. The average molecular weight is 346 g/mol. The van der Waals surface area contributed by atoms with Gasteiger partial charge in [-0.3, -0.25) is 4.98 Å². The van der Waals surface area contributed by atoms with Crippen molar-refractivity contribution in [2.45, 2.75) is 25.5 Å². The summed E-state index contributed by atoms with van der Waals surface area (Å²) >= 11 is 5.88. The molecule has 3 rings (SSSR count). The van der Waals surface area contributed by atoms with Crippen molar-refractivity contribution in [3.63, 3.8) is 0 Å². The molecule has 0 unspecified atom stereocenters. The van der Waals surface area contributed by atoms with Gasteiger partial charge in [-0.05, 0) is 48.7 Å². The molecule has 1 aliphatic rings. The number of carbonyl (C=O) groups is 1. The number of urea groups is 1. The van der Waals surface area contributed by atoms with Crippen LogP contribution in [0.15, 0.2) is 48.8 Å². The molecule has 5 nitrogen and oxygen atoms in total. The van der Waals surface area contributed by atoms with E-state index >= 15 is 0 Å². The van der Waals surface area contributed by atoms with E-state index in [1.54, 1.807) is 41.6 Å². The van der Waals surface area contributed by atoms with Crippen molar-refractivity contribution in [3.05, 3.63) is 59.4 Å². The minimum absolute atomic E-state index is 0.0950. The number of anilines is 1. The second-order valence-electron chi connectivity index (χ2n) is 5.81. The molecule has 0 aliphatic carbocycles. The Kier molecular flexibility index (Phi) is 5.67. The van der Waals surface area contributed by atoms with E-state index in [4.69, 9.17) is 16.3 Å². The van der Waals surface area contributed by atoms with Gasteiger partial charge in [0.15, 0.2) is 0 Å². The van der Waals surface area contributed by atoms with Crippen LogP contribution >= 0.6 is 11.6 Å². The maximum Gasteiger partial charge on any atom is 0.322 e. The SMILES string of the molecule is O=C(Nc1ccc(Cl)cc1)N(Cc1cccnc1)C[C@H]1CCCO1. The van der Waals surface area contributed by atoms with Crippen molar-refractivity contribution in [2.75, 3.05) is 18.5 Å². The molecule has 1 aromatic heterocycles. The second kappa shape index (κ2) is 8.13. The second-order valence-corrected chi connectivity index (χ2v) is 6.25. The molecule has 6 heteroatoms. The smallest absolute Gasteiger partial charge is 0.322 e. The van der Waals surface area contributed by atoms with Crippen LogP contribution in [0.25, 0.3) is 0 Å². The lowest BCUT2D eigenvalue weighted by atomic mass is 10.2. The van der Waals surface area contributed by atoms with E-state index in [9.17, 15) is 4.79 Å². The number of rotatable bonds is 5. The normalized spacial score (nSPS) is 16.8. The highest BCUT2D eigenvalue weighted by molar-refractivity contribution is 6.30. The van der Waals surface area contributed by atoms with Gasteiger partial charge in [0.1, 0.15) is 0 Å². The van der Waals surface area contributed by atoms with Crippen LogP contribution in [0.4, 0.5) is 10.5 Å². The van der Waals surface area contributed by atoms with E-state index in [2.05, 4.69) is 10.3 Å². The number of carbonyl (C=O) groups excluding carboxylic acids is 1. The van der Waals surface area contributed by atoms with Crippen molar-refractivity contribution in [2.24, 2.45) is 0 Å². The summed E-state index contributed by atoms with van der Waals surface area (Å²) in [4.78, 5) is 18.6. The maximum atomic E-state index is 12.7. The maximum absolute atomic E-state index is 12.7. The molecule has 1 aromatic carbocycles. The molecule has 2 aromatic rings. The lowest BCUT2D eigenvalue weighted by Gasteiger charge is -2.25. The summed E-state index contributed by atoms with van der Waals surface area (Å²) in [7, 11) is 0. The predicted molar refractivity (Wildman–Crippen MR) is 94.1 cm³/mol. The summed E-state index contributed by atoms with van der Waals surface area (Å²) in [6.45, 7) is 1.83. The van der Waals surface area contributed by atoms with Crippen molar-refractivity contribution in [1.82, 2.24) is 9.88 Å². The van der Waals surface area contributed by atoms with Gasteiger partial charge in [-0.25, -0.2) is 4.79 Å². The molecule has 1 atom stereocenters. The minimum atomic E-state index is -0.156. The number of nitrogens with one attached hydrogen (secondary N) is 1. The zero-order valence-corrected chi connectivity index (χ0v) is 14.1. The average Bonchev–Trinajstić information content (AvgIpc) is 3.10. The van der Waals surface area contributed by atoms with Gasteiger partial charge in [0.2, 0.25) is 0 Å². The Balaban J connectivity index is 1.69. The summed E-state index contributed by atoms with van der Waals surface area (Å²) in [6.07, 6.45) is 5.62. The molecule has 1 fully saturated rings. The Morgan fingerprint density at radius 3 is 2.83 bits per heavy atom. The molecule has 24 heavy (non-hydrogen) atoms. The topological polar surface area (TPSA) is 54.5 Å². The van der Waals surface area contributed by atoms with Crippen LogP contribution in [0.1, 0.15) is 18.4 Å². The summed E-state index contributed by atoms with van der Waals surface area (Å²) in [5.41, 5.74) is 1.70. The van der Waals surface area contributed by atoms with Crippen LogP contribution in [-0.4, -0.2) is 35.2 Å². The number of aromatic nitrogens is 1. The molecule has 0 radical (unpaired) electrons. The van der Waals surface area contributed by atoms with E-state index < -0.39 is 0 Å². The summed E-state index contributed by atoms with van der Waals surface area (Å²) in [5, 5.41) is 3.55. The quantitative estimate of drug-likeness (QED) is 0.892. The van der Waals surface area contributed by atoms with Crippen LogP contribution in [0, 0.1) is 0 Å². The van der Waals surface area contributed by atoms with Crippen molar-refractivity contribution in [3.8, 4) is 0 Å². The lowest BCUT2D eigenvalue weighted by molar-refractivity contribution is 0.0819. The third kappa shape index (κ3) is 4.69. The molecule has 0 saturated carbocycles. The molecular weight excluding hydrogens is 326 g/mol. The molecule has 1 aliphatic heterocycles. The Morgan fingerprint density at radius 2 is 2.17 bits per heavy atom. The summed E-state index contributed by atoms with van der Waals surface area (Å²) < 4.78 is 5.68. The van der Waals surface area contributed by atoms with Gasteiger partial charge >= 0.3 is 6.03 Å². The number of halogens is 1. The summed E-state index contributed by atoms with van der Waals surface area (Å²) in [6, 6.07) is 10.8. The first-order chi connectivity index (χ1) is 11.7. The molecular formula is C18H20ClN3O2. The van der Waals surface area contributed by atoms with E-state index in [0.29, 0.717) is 23.8 Å². The minimum Gasteiger partial charge on any atom is -0.376 e. The number of nitrogens with zero attached hydrogens (tertiary/aromatic N) is 2. The van der Waals surface area contributed by atoms with Crippen LogP contribution in [0.2, 0.25) is 5.02 Å². The fourth-order valence-electron chi connectivity index (χ4n) is 2.70. The molecule has 0 spiro atoms. The van der Waals surface area contributed by atoms with Gasteiger partial charge in [-0.1, -0.05) is 17.7 Å². The van der Waals surface area contributed by atoms with E-state index in [1.807, 2.05) is 12.1 Å². The fraction of sp³-hybridized carbons (Fsp3) is 0.333. The number of pyridine rings is 1. The summed E-state index contributed by atoms with van der Waals surface area (Å²) in [5.74, 6) is 0. The molecule has 2 heterocycles. The van der Waals surface area contributed by atoms with Crippen LogP contribution in [-0.2, 0) is 11.3 Å². The molecule has 0 bridgehead atoms. The van der Waals surface area contributed by atoms with Gasteiger partial charge in [-0.15, -0.1) is 0 Å². The van der Waals surface area contributed by atoms with Gasteiger partial charge in [0.25, 0.3) is 0 Å². The molecule has 2 amide bonds. The van der Waals surface area contributed by atoms with Crippen LogP contribution in [0.5, 0.6) is 0 Å². The molecule has 1 saturated heterocycles. The van der Waals surface area contributed by atoms with Crippen molar-refractivity contribution in [1.29, 1.82) is 0 Å². The first-order valence-electron chi connectivity index (χ1n) is 8.03. The van der Waals surface area contributed by atoms with E-state index in [0.717, 1.165) is 25.0 Å². The van der Waals surface area contributed by atoms with Gasteiger partial charge in [-0.2, -0.15) is 0 Å². The van der Waals surface area contributed by atoms with Gasteiger partial charge in [0.05, 0.1) is 6.10 Å². The van der Waals surface area contributed by atoms with E-state index in [-0.39, 0.29) is 12.1 Å². The third-order valence-electron chi connectivity index (χ3n) is 3.93. The predicted octanol–water partition coefficient (Wildman–Crippen LogP) is 3.95. The highest BCUT2D eigenvalue weighted by Gasteiger charge is 2.23. The largest absolute Gasteiger partial charge is 0.376 e. The van der Waals surface area contributed by atoms with Crippen molar-refractivity contribution < 1.29 is 9.53 Å². The zero-order chi connectivity index (χ0) is 16.8. The van der Waals surface area contributed by atoms with Gasteiger partial charge in [0, 0.05) is 42.8 Å². The number of benzene rings is 1. The first-order valence-corrected chi connectivity index (χ1v) is 8.40. The van der Waals surface area contributed by atoms with Crippen LogP contribution < -0.4 is 5.32 Å². The Labute approximate surface area is 146 Å². The number of hydrogen-bond donors (Lipinski definition) is 1. The molecule has 1 N–H and O–H groups in total. The third-order valence-corrected chi connectivity index (χ3v) is 4.18. The monoisotopic (exact) mass is 345 g/mol. The lowest BCUT2D eigenvalue weighted by Crippen LogP contribution is -2.39. The van der Waals surface area contributed by atoms with Crippen molar-refractivity contribution >= 4 is 23.3 Å². The first kappa shape index (κ1) is 16.7. The number of amides is 2. The Hall–Kier alpha value is -2.11. The number of ether oxygens (including phenoxy) is 1. The van der Waals surface area contributed by atoms with E-state index in [1.165, 1.54) is 0 Å².